The average Bonchev–Trinajstić information content (AvgIpc) is 2.60. The number of rotatable bonds is 7. The first kappa shape index (κ1) is 18.1. The van der Waals surface area contributed by atoms with Crippen LogP contribution in [0.4, 0.5) is 11.4 Å². The summed E-state index contributed by atoms with van der Waals surface area (Å²) >= 11 is 0. The van der Waals surface area contributed by atoms with E-state index in [4.69, 9.17) is 4.74 Å². The molecule has 2 aromatic rings. The first-order chi connectivity index (χ1) is 11.9. The molecule has 130 valence electrons. The highest BCUT2D eigenvalue weighted by Gasteiger charge is 2.18. The summed E-state index contributed by atoms with van der Waals surface area (Å²) in [4.78, 5) is 34.6. The van der Waals surface area contributed by atoms with Crippen LogP contribution in [0.5, 0.6) is 5.75 Å². The van der Waals surface area contributed by atoms with Crippen molar-refractivity contribution in [1.82, 2.24) is 0 Å². The van der Waals surface area contributed by atoms with Gasteiger partial charge in [0.05, 0.1) is 18.1 Å². The lowest BCUT2D eigenvalue weighted by Gasteiger charge is -2.07. The fourth-order valence-electron chi connectivity index (χ4n) is 2.22. The number of hydrogen-bond donors (Lipinski definition) is 1. The van der Waals surface area contributed by atoms with Crippen molar-refractivity contribution in [2.24, 2.45) is 0 Å². The maximum Gasteiger partial charge on any atom is 0.296 e. The van der Waals surface area contributed by atoms with Gasteiger partial charge < -0.3 is 10.1 Å². The summed E-state index contributed by atoms with van der Waals surface area (Å²) in [6.07, 6.45) is -0.0330. The Kier molecular flexibility index (Phi) is 5.84. The third-order valence-electron chi connectivity index (χ3n) is 3.63. The summed E-state index contributed by atoms with van der Waals surface area (Å²) in [7, 11) is 1.40. The van der Waals surface area contributed by atoms with Crippen LogP contribution in [-0.2, 0) is 4.79 Å². The van der Waals surface area contributed by atoms with Crippen LogP contribution in [-0.4, -0.2) is 23.7 Å². The maximum absolute atomic E-state index is 12.1. The summed E-state index contributed by atoms with van der Waals surface area (Å²) in [5.74, 6) is -0.299. The fraction of sp³-hybridized carbons (Fsp3) is 0.222. The number of nitrogens with zero attached hydrogens (tertiary/aromatic N) is 1. The first-order valence-corrected chi connectivity index (χ1v) is 7.63. The number of ether oxygens (including phenoxy) is 1. The molecule has 1 N–H and O–H groups in total. The van der Waals surface area contributed by atoms with Gasteiger partial charge in [-0.1, -0.05) is 29.8 Å². The number of aryl methyl sites for hydroxylation is 1. The smallest absolute Gasteiger partial charge is 0.296 e. The Morgan fingerprint density at radius 3 is 2.40 bits per heavy atom. The van der Waals surface area contributed by atoms with Gasteiger partial charge in [0.2, 0.25) is 5.91 Å². The van der Waals surface area contributed by atoms with Gasteiger partial charge >= 0.3 is 0 Å². The zero-order valence-corrected chi connectivity index (χ0v) is 13.9. The predicted octanol–water partition coefficient (Wildman–Crippen LogP) is 3.51. The van der Waals surface area contributed by atoms with Crippen molar-refractivity contribution in [2.45, 2.75) is 19.8 Å². The standard InChI is InChI=1S/C18H18N2O5/c1-12-3-5-13(6-4-12)17(21)9-10-18(22)19-15-8-7-14(25-2)11-16(15)20(23)24/h3-8,11H,9-10H2,1-2H3,(H,19,22). The van der Waals surface area contributed by atoms with Gasteiger partial charge in [-0.05, 0) is 19.1 Å². The van der Waals surface area contributed by atoms with Gasteiger partial charge in [0.1, 0.15) is 11.4 Å². The number of benzene rings is 2. The van der Waals surface area contributed by atoms with Crippen LogP contribution in [0, 0.1) is 17.0 Å². The SMILES string of the molecule is COc1ccc(NC(=O)CCC(=O)c2ccc(C)cc2)c([N+](=O)[O-])c1. The number of ketones is 1. The molecule has 2 rings (SSSR count). The van der Waals surface area contributed by atoms with Crippen molar-refractivity contribution >= 4 is 23.1 Å². The molecular weight excluding hydrogens is 324 g/mol. The van der Waals surface area contributed by atoms with Crippen molar-refractivity contribution in [3.8, 4) is 5.75 Å². The van der Waals surface area contributed by atoms with E-state index in [0.29, 0.717) is 11.3 Å². The number of hydrogen-bond acceptors (Lipinski definition) is 5. The third kappa shape index (κ3) is 4.87. The maximum atomic E-state index is 12.1. The van der Waals surface area contributed by atoms with Gasteiger partial charge in [0.25, 0.3) is 5.69 Å². The van der Waals surface area contributed by atoms with Crippen LogP contribution in [0.1, 0.15) is 28.8 Å². The number of amides is 1. The highest BCUT2D eigenvalue weighted by atomic mass is 16.6. The molecule has 25 heavy (non-hydrogen) atoms. The van der Waals surface area contributed by atoms with Gasteiger partial charge in [-0.15, -0.1) is 0 Å². The lowest BCUT2D eigenvalue weighted by atomic mass is 10.0. The molecule has 1 amide bonds. The molecule has 2 aromatic carbocycles. The fourth-order valence-corrected chi connectivity index (χ4v) is 2.22. The molecule has 0 aliphatic heterocycles. The molecule has 7 nitrogen and oxygen atoms in total. The molecule has 0 heterocycles. The van der Waals surface area contributed by atoms with Crippen molar-refractivity contribution < 1.29 is 19.2 Å². The molecule has 0 aliphatic rings. The Hall–Kier alpha value is -3.22. The van der Waals surface area contributed by atoms with Crippen molar-refractivity contribution in [3.63, 3.8) is 0 Å². The van der Waals surface area contributed by atoms with Gasteiger partial charge in [-0.2, -0.15) is 0 Å². The summed E-state index contributed by atoms with van der Waals surface area (Å²) in [5.41, 5.74) is 1.38. The van der Waals surface area contributed by atoms with Gasteiger partial charge in [-0.25, -0.2) is 0 Å². The molecule has 0 spiro atoms. The van der Waals surface area contributed by atoms with Crippen LogP contribution in [0.15, 0.2) is 42.5 Å². The second-order valence-corrected chi connectivity index (χ2v) is 5.48. The van der Waals surface area contributed by atoms with Crippen LogP contribution < -0.4 is 10.1 Å². The normalized spacial score (nSPS) is 10.2. The van der Waals surface area contributed by atoms with Crippen LogP contribution in [0.2, 0.25) is 0 Å². The number of methoxy groups -OCH3 is 1. The van der Waals surface area contributed by atoms with E-state index in [1.54, 1.807) is 12.1 Å². The summed E-state index contributed by atoms with van der Waals surface area (Å²) < 4.78 is 4.94. The van der Waals surface area contributed by atoms with E-state index in [9.17, 15) is 19.7 Å². The zero-order valence-electron chi connectivity index (χ0n) is 13.9. The van der Waals surface area contributed by atoms with E-state index >= 15 is 0 Å². The lowest BCUT2D eigenvalue weighted by molar-refractivity contribution is -0.384. The first-order valence-electron chi connectivity index (χ1n) is 7.63. The zero-order chi connectivity index (χ0) is 18.4. The van der Waals surface area contributed by atoms with E-state index in [1.807, 2.05) is 19.1 Å². The van der Waals surface area contributed by atoms with Crippen molar-refractivity contribution in [3.05, 3.63) is 63.7 Å². The van der Waals surface area contributed by atoms with Crippen molar-refractivity contribution in [1.29, 1.82) is 0 Å². The molecule has 0 aromatic heterocycles. The number of anilines is 1. The summed E-state index contributed by atoms with van der Waals surface area (Å²) in [5, 5.41) is 13.6. The van der Waals surface area contributed by atoms with E-state index < -0.39 is 10.8 Å². The Morgan fingerprint density at radius 2 is 1.80 bits per heavy atom. The van der Waals surface area contributed by atoms with Crippen LogP contribution in [0.3, 0.4) is 0 Å². The second kappa shape index (κ2) is 8.05. The molecule has 0 bridgehead atoms. The van der Waals surface area contributed by atoms with Crippen LogP contribution >= 0.6 is 0 Å². The second-order valence-electron chi connectivity index (χ2n) is 5.48. The Balaban J connectivity index is 1.99. The molecular formula is C18H18N2O5. The molecule has 7 heteroatoms. The minimum atomic E-state index is -0.602. The number of Topliss-reactive ketones (excluding diaryl/α,β-unsaturated/α-hetero) is 1. The quantitative estimate of drug-likeness (QED) is 0.471. The number of nitro benzene ring substituents is 1. The summed E-state index contributed by atoms with van der Waals surface area (Å²) in [6.45, 7) is 1.92. The number of nitro groups is 1. The van der Waals surface area contributed by atoms with Gasteiger partial charge in [-0.3, -0.25) is 19.7 Å². The molecule has 0 unspecified atom stereocenters. The number of carbonyl (C=O) groups excluding carboxylic acids is 2. The Labute approximate surface area is 144 Å². The van der Waals surface area contributed by atoms with Crippen LogP contribution in [0.25, 0.3) is 0 Å². The highest BCUT2D eigenvalue weighted by Crippen LogP contribution is 2.29. The van der Waals surface area contributed by atoms with Gasteiger partial charge in [0.15, 0.2) is 5.78 Å². The van der Waals surface area contributed by atoms with E-state index in [0.717, 1.165) is 5.56 Å². The Morgan fingerprint density at radius 1 is 1.12 bits per heavy atom. The van der Waals surface area contributed by atoms with E-state index in [1.165, 1.54) is 25.3 Å². The topological polar surface area (TPSA) is 98.5 Å². The monoisotopic (exact) mass is 342 g/mol. The average molecular weight is 342 g/mol. The summed E-state index contributed by atoms with van der Waals surface area (Å²) in [6, 6.07) is 11.2. The minimum Gasteiger partial charge on any atom is -0.496 e. The van der Waals surface area contributed by atoms with E-state index in [2.05, 4.69) is 5.32 Å². The van der Waals surface area contributed by atoms with Gasteiger partial charge in [0, 0.05) is 18.4 Å². The Bertz CT molecular complexity index is 800. The number of carbonyl (C=O) groups is 2. The number of nitrogens with one attached hydrogen (secondary N) is 1. The highest BCUT2D eigenvalue weighted by molar-refractivity contribution is 6.00. The minimum absolute atomic E-state index is 0.0266. The molecule has 0 atom stereocenters. The lowest BCUT2D eigenvalue weighted by Crippen LogP contribution is -2.14. The molecule has 0 radical (unpaired) electrons. The largest absolute Gasteiger partial charge is 0.496 e. The molecule has 0 fully saturated rings. The predicted molar refractivity (Wildman–Crippen MR) is 93.0 cm³/mol. The van der Waals surface area contributed by atoms with E-state index in [-0.39, 0.29) is 30.0 Å². The van der Waals surface area contributed by atoms with Crippen molar-refractivity contribution in [2.75, 3.05) is 12.4 Å². The molecule has 0 saturated carbocycles. The molecule has 0 saturated heterocycles. The molecule has 0 aliphatic carbocycles. The third-order valence-corrected chi connectivity index (χ3v) is 3.63.